The number of aromatic nitrogens is 2. The highest BCUT2D eigenvalue weighted by molar-refractivity contribution is 7.91. The summed E-state index contributed by atoms with van der Waals surface area (Å²) in [6.07, 6.45) is 3.07. The normalized spacial score (nSPS) is 11.4. The highest BCUT2D eigenvalue weighted by atomic mass is 32.2. The van der Waals surface area contributed by atoms with E-state index in [1.54, 1.807) is 48.7 Å². The summed E-state index contributed by atoms with van der Waals surface area (Å²) < 4.78 is 28.6. The van der Waals surface area contributed by atoms with Crippen LogP contribution in [0.1, 0.15) is 22.5 Å². The zero-order valence-electron chi connectivity index (χ0n) is 18.0. The number of sulfone groups is 1. The molecule has 0 saturated carbocycles. The van der Waals surface area contributed by atoms with Crippen LogP contribution in [-0.4, -0.2) is 24.3 Å². The van der Waals surface area contributed by atoms with Crippen LogP contribution in [-0.2, 0) is 27.6 Å². The maximum Gasteiger partial charge on any atom is 0.206 e. The molecule has 0 amide bonds. The molecule has 32 heavy (non-hydrogen) atoms. The molecule has 0 atom stereocenters. The van der Waals surface area contributed by atoms with E-state index in [1.807, 2.05) is 48.7 Å². The number of carbonyl (C=O) groups is 1. The lowest BCUT2D eigenvalue weighted by atomic mass is 10.0. The molecule has 0 aliphatic carbocycles. The molecule has 2 aromatic carbocycles. The Morgan fingerprint density at radius 1 is 0.906 bits per heavy atom. The fourth-order valence-corrected chi connectivity index (χ4v) is 5.49. The topological polar surface area (TPSA) is 69.0 Å². The van der Waals surface area contributed by atoms with Crippen LogP contribution < -0.4 is 0 Å². The minimum absolute atomic E-state index is 0.229. The van der Waals surface area contributed by atoms with Crippen molar-refractivity contribution >= 4 is 16.1 Å². The van der Waals surface area contributed by atoms with E-state index in [0.29, 0.717) is 11.3 Å². The standard InChI is InChI=1S/C26H24N2O3S/c1-19-16-21(12-13-27-19)25-18-23(20(2)28(25)14-15-29)17-22-8-6-7-11-26(22)32(30,31)24-9-4-3-5-10-24/h3-13,15-16,18H,14,17H2,1-2H3. The molecule has 5 nitrogen and oxygen atoms in total. The molecule has 0 aliphatic heterocycles. The predicted octanol–water partition coefficient (Wildman–Crippen LogP) is 4.79. The average Bonchev–Trinajstić information content (AvgIpc) is 3.10. The van der Waals surface area contributed by atoms with Gasteiger partial charge in [0, 0.05) is 35.3 Å². The van der Waals surface area contributed by atoms with E-state index in [4.69, 9.17) is 0 Å². The summed E-state index contributed by atoms with van der Waals surface area (Å²) in [7, 11) is -3.65. The summed E-state index contributed by atoms with van der Waals surface area (Å²) >= 11 is 0. The number of carbonyl (C=O) groups excluding carboxylic acids is 1. The summed E-state index contributed by atoms with van der Waals surface area (Å²) in [6, 6.07) is 21.5. The Balaban J connectivity index is 1.80. The van der Waals surface area contributed by atoms with Gasteiger partial charge in [-0.2, -0.15) is 0 Å². The maximum atomic E-state index is 13.3. The van der Waals surface area contributed by atoms with Gasteiger partial charge in [-0.1, -0.05) is 36.4 Å². The minimum Gasteiger partial charge on any atom is -0.337 e. The number of hydrogen-bond acceptors (Lipinski definition) is 4. The van der Waals surface area contributed by atoms with Gasteiger partial charge in [0.1, 0.15) is 6.29 Å². The van der Waals surface area contributed by atoms with Crippen LogP contribution in [0.4, 0.5) is 0 Å². The molecule has 0 bridgehead atoms. The Hall–Kier alpha value is -3.51. The van der Waals surface area contributed by atoms with Gasteiger partial charge in [-0.05, 0) is 61.4 Å². The SMILES string of the molecule is Cc1cc(-c2cc(Cc3ccccc3S(=O)(=O)c3ccccc3)c(C)n2CC=O)ccn1. The summed E-state index contributed by atoms with van der Waals surface area (Å²) in [5.41, 5.74) is 5.41. The lowest BCUT2D eigenvalue weighted by Crippen LogP contribution is -2.07. The lowest BCUT2D eigenvalue weighted by molar-refractivity contribution is -0.108. The van der Waals surface area contributed by atoms with Crippen molar-refractivity contribution in [2.45, 2.75) is 36.6 Å². The van der Waals surface area contributed by atoms with Crippen LogP contribution in [0.2, 0.25) is 0 Å². The van der Waals surface area contributed by atoms with Gasteiger partial charge in [0.15, 0.2) is 0 Å². The van der Waals surface area contributed by atoms with Crippen molar-refractivity contribution < 1.29 is 13.2 Å². The fourth-order valence-electron chi connectivity index (χ4n) is 3.98. The highest BCUT2D eigenvalue weighted by Gasteiger charge is 2.22. The van der Waals surface area contributed by atoms with Gasteiger partial charge in [-0.3, -0.25) is 4.98 Å². The first-order valence-corrected chi connectivity index (χ1v) is 11.8. The molecule has 0 unspecified atom stereocenters. The first-order chi connectivity index (χ1) is 15.4. The first-order valence-electron chi connectivity index (χ1n) is 10.4. The van der Waals surface area contributed by atoms with Crippen LogP contribution in [0.15, 0.2) is 88.8 Å². The Morgan fingerprint density at radius 3 is 2.34 bits per heavy atom. The number of nitrogens with zero attached hydrogens (tertiary/aromatic N) is 2. The predicted molar refractivity (Wildman–Crippen MR) is 124 cm³/mol. The molecule has 0 saturated heterocycles. The molecule has 4 rings (SSSR count). The third-order valence-corrected chi connectivity index (χ3v) is 7.49. The van der Waals surface area contributed by atoms with Crippen molar-refractivity contribution in [3.63, 3.8) is 0 Å². The Morgan fingerprint density at radius 2 is 1.62 bits per heavy atom. The van der Waals surface area contributed by atoms with Gasteiger partial charge < -0.3 is 9.36 Å². The maximum absolute atomic E-state index is 13.3. The third kappa shape index (κ3) is 4.14. The van der Waals surface area contributed by atoms with Crippen molar-refractivity contribution in [3.05, 3.63) is 102 Å². The lowest BCUT2D eigenvalue weighted by Gasteiger charge is -2.11. The van der Waals surface area contributed by atoms with Crippen molar-refractivity contribution in [3.8, 4) is 11.3 Å². The fraction of sp³-hybridized carbons (Fsp3) is 0.154. The van der Waals surface area contributed by atoms with E-state index >= 15 is 0 Å². The zero-order chi connectivity index (χ0) is 22.7. The Kier molecular flexibility index (Phi) is 6.06. The zero-order valence-corrected chi connectivity index (χ0v) is 18.8. The Bertz CT molecular complexity index is 1370. The van der Waals surface area contributed by atoms with Crippen LogP contribution in [0.5, 0.6) is 0 Å². The van der Waals surface area contributed by atoms with Gasteiger partial charge >= 0.3 is 0 Å². The van der Waals surface area contributed by atoms with E-state index in [9.17, 15) is 13.2 Å². The monoisotopic (exact) mass is 444 g/mol. The van der Waals surface area contributed by atoms with Crippen molar-refractivity contribution in [2.24, 2.45) is 0 Å². The second-order valence-electron chi connectivity index (χ2n) is 7.70. The molecule has 0 fully saturated rings. The highest BCUT2D eigenvalue weighted by Crippen LogP contribution is 2.30. The first kappa shape index (κ1) is 21.7. The number of aldehydes is 1. The molecule has 6 heteroatoms. The van der Waals surface area contributed by atoms with Crippen molar-refractivity contribution in [1.82, 2.24) is 9.55 Å². The Labute approximate surface area is 188 Å². The van der Waals surface area contributed by atoms with Crippen molar-refractivity contribution in [1.29, 1.82) is 0 Å². The largest absolute Gasteiger partial charge is 0.337 e. The number of aryl methyl sites for hydroxylation is 1. The molecule has 4 aromatic rings. The van der Waals surface area contributed by atoms with E-state index in [0.717, 1.165) is 40.1 Å². The smallest absolute Gasteiger partial charge is 0.206 e. The molecule has 2 heterocycles. The third-order valence-electron chi connectivity index (χ3n) is 5.62. The second-order valence-corrected chi connectivity index (χ2v) is 9.62. The van der Waals surface area contributed by atoms with Gasteiger partial charge in [-0.25, -0.2) is 8.42 Å². The minimum atomic E-state index is -3.65. The molecule has 2 aromatic heterocycles. The van der Waals surface area contributed by atoms with Crippen molar-refractivity contribution in [2.75, 3.05) is 0 Å². The number of pyridine rings is 1. The van der Waals surface area contributed by atoms with E-state index in [-0.39, 0.29) is 11.4 Å². The van der Waals surface area contributed by atoms with Crippen LogP contribution in [0.25, 0.3) is 11.3 Å². The second kappa shape index (κ2) is 8.93. The molecule has 0 spiro atoms. The summed E-state index contributed by atoms with van der Waals surface area (Å²) in [5.74, 6) is 0. The van der Waals surface area contributed by atoms with Gasteiger partial charge in [0.2, 0.25) is 9.84 Å². The summed E-state index contributed by atoms with van der Waals surface area (Å²) in [6.45, 7) is 4.12. The number of benzene rings is 2. The molecule has 0 radical (unpaired) electrons. The van der Waals surface area contributed by atoms with E-state index < -0.39 is 9.84 Å². The van der Waals surface area contributed by atoms with E-state index in [2.05, 4.69) is 4.98 Å². The molecule has 0 N–H and O–H groups in total. The summed E-state index contributed by atoms with van der Waals surface area (Å²) in [5, 5.41) is 0. The number of hydrogen-bond donors (Lipinski definition) is 0. The summed E-state index contributed by atoms with van der Waals surface area (Å²) in [4.78, 5) is 16.2. The van der Waals surface area contributed by atoms with Crippen LogP contribution in [0.3, 0.4) is 0 Å². The van der Waals surface area contributed by atoms with Gasteiger partial charge in [-0.15, -0.1) is 0 Å². The quantitative estimate of drug-likeness (QED) is 0.384. The average molecular weight is 445 g/mol. The van der Waals surface area contributed by atoms with Crippen LogP contribution >= 0.6 is 0 Å². The number of rotatable bonds is 7. The van der Waals surface area contributed by atoms with Gasteiger partial charge in [0.05, 0.1) is 16.3 Å². The van der Waals surface area contributed by atoms with E-state index in [1.165, 1.54) is 0 Å². The molecule has 162 valence electrons. The molecular formula is C26H24N2O3S. The molecular weight excluding hydrogens is 420 g/mol. The molecule has 0 aliphatic rings. The van der Waals surface area contributed by atoms with Gasteiger partial charge in [0.25, 0.3) is 0 Å². The van der Waals surface area contributed by atoms with Crippen LogP contribution in [0, 0.1) is 13.8 Å².